The van der Waals surface area contributed by atoms with Crippen molar-refractivity contribution in [2.45, 2.75) is 20.0 Å². The quantitative estimate of drug-likeness (QED) is 0.894. The Morgan fingerprint density at radius 1 is 1.61 bits per heavy atom. The highest BCUT2D eigenvalue weighted by Crippen LogP contribution is 2.36. The number of nitrogens with one attached hydrogen (secondary N) is 2. The molecule has 0 aromatic carbocycles. The molecule has 0 radical (unpaired) electrons. The molecule has 0 aliphatic heterocycles. The number of aromatic amines is 1. The van der Waals surface area contributed by atoms with Crippen LogP contribution in [-0.4, -0.2) is 32.6 Å². The molecule has 0 spiro atoms. The molecule has 9 heteroatoms. The maximum absolute atomic E-state index is 12.0. The van der Waals surface area contributed by atoms with Gasteiger partial charge >= 0.3 is 0 Å². The Balaban J connectivity index is 2.19. The summed E-state index contributed by atoms with van der Waals surface area (Å²) in [5, 5.41) is 17.2. The largest absolute Gasteiger partial charge is 0.488 e. The van der Waals surface area contributed by atoms with E-state index in [0.717, 1.165) is 4.47 Å². The zero-order valence-corrected chi connectivity index (χ0v) is 12.0. The zero-order chi connectivity index (χ0) is 13.1. The molecule has 18 heavy (non-hydrogen) atoms. The number of aromatic nitrogens is 4. The van der Waals surface area contributed by atoms with Gasteiger partial charge in [-0.1, -0.05) is 5.10 Å². The van der Waals surface area contributed by atoms with E-state index >= 15 is 0 Å². The molecule has 0 saturated heterocycles. The van der Waals surface area contributed by atoms with Crippen molar-refractivity contribution >= 4 is 39.1 Å². The molecule has 7 nitrogen and oxygen atoms in total. The molecule has 96 valence electrons. The summed E-state index contributed by atoms with van der Waals surface area (Å²) in [7, 11) is 0. The summed E-state index contributed by atoms with van der Waals surface area (Å²) in [5.41, 5.74) is 0. The second-order valence-corrected chi connectivity index (χ2v) is 5.33. The third kappa shape index (κ3) is 2.85. The second kappa shape index (κ2) is 5.44. The number of carbonyl (C=O) groups is 1. The molecule has 2 aromatic heterocycles. The molecule has 0 aliphatic rings. The van der Waals surface area contributed by atoms with Crippen LogP contribution in [0.15, 0.2) is 9.85 Å². The summed E-state index contributed by atoms with van der Waals surface area (Å²) >= 11 is 4.63. The van der Waals surface area contributed by atoms with Crippen molar-refractivity contribution in [1.82, 2.24) is 20.6 Å². The zero-order valence-electron chi connectivity index (χ0n) is 9.60. The first-order valence-electron chi connectivity index (χ1n) is 5.06. The van der Waals surface area contributed by atoms with Crippen molar-refractivity contribution in [3.05, 3.63) is 14.7 Å². The molecule has 0 atom stereocenters. The Bertz CT molecular complexity index is 539. The predicted octanol–water partition coefficient (Wildman–Crippen LogP) is 2.06. The highest BCUT2D eigenvalue weighted by molar-refractivity contribution is 9.10. The fourth-order valence-electron chi connectivity index (χ4n) is 1.20. The number of amides is 1. The van der Waals surface area contributed by atoms with Crippen molar-refractivity contribution < 1.29 is 9.53 Å². The predicted molar refractivity (Wildman–Crippen MR) is 69.9 cm³/mol. The summed E-state index contributed by atoms with van der Waals surface area (Å²) in [6.07, 6.45) is -0.0207. The number of anilines is 1. The lowest BCUT2D eigenvalue weighted by molar-refractivity contribution is 0.102. The van der Waals surface area contributed by atoms with Crippen molar-refractivity contribution in [1.29, 1.82) is 0 Å². The molecule has 1 amide bonds. The summed E-state index contributed by atoms with van der Waals surface area (Å²) in [6.45, 7) is 3.79. The van der Waals surface area contributed by atoms with Gasteiger partial charge in [0.2, 0.25) is 0 Å². The van der Waals surface area contributed by atoms with Gasteiger partial charge in [-0.3, -0.25) is 10.1 Å². The van der Waals surface area contributed by atoms with E-state index in [9.17, 15) is 4.79 Å². The van der Waals surface area contributed by atoms with Gasteiger partial charge in [-0.2, -0.15) is 5.21 Å². The number of tetrazole rings is 1. The summed E-state index contributed by atoms with van der Waals surface area (Å²) in [4.78, 5) is 12.5. The molecule has 2 rings (SSSR count). The van der Waals surface area contributed by atoms with E-state index in [1.807, 2.05) is 13.8 Å². The van der Waals surface area contributed by atoms with Gasteiger partial charge in [0.15, 0.2) is 5.75 Å². The number of hydrogen-bond acceptors (Lipinski definition) is 6. The summed E-state index contributed by atoms with van der Waals surface area (Å²) in [6, 6.07) is 0. The second-order valence-electron chi connectivity index (χ2n) is 3.60. The highest BCUT2D eigenvalue weighted by atomic mass is 79.9. The van der Waals surface area contributed by atoms with Crippen LogP contribution in [-0.2, 0) is 0 Å². The number of thiophene rings is 1. The Morgan fingerprint density at radius 3 is 3.00 bits per heavy atom. The molecule has 0 unspecified atom stereocenters. The van der Waals surface area contributed by atoms with Crippen molar-refractivity contribution in [2.75, 3.05) is 5.32 Å². The van der Waals surface area contributed by atoms with E-state index in [2.05, 4.69) is 41.9 Å². The molecule has 2 N–H and O–H groups in total. The topological polar surface area (TPSA) is 92.8 Å². The van der Waals surface area contributed by atoms with Crippen molar-refractivity contribution in [2.24, 2.45) is 0 Å². The van der Waals surface area contributed by atoms with E-state index in [1.165, 1.54) is 11.3 Å². The molecule has 0 aliphatic carbocycles. The lowest BCUT2D eigenvalue weighted by Crippen LogP contribution is -2.14. The maximum Gasteiger partial charge on any atom is 0.272 e. The third-order valence-corrected chi connectivity index (χ3v) is 3.69. The van der Waals surface area contributed by atoms with Gasteiger partial charge in [0.05, 0.1) is 10.6 Å². The monoisotopic (exact) mass is 331 g/mol. The Hall–Kier alpha value is -1.48. The average molecular weight is 332 g/mol. The van der Waals surface area contributed by atoms with E-state index in [1.54, 1.807) is 5.38 Å². The number of nitrogens with zero attached hydrogens (tertiary/aromatic N) is 3. The Labute approximate surface area is 115 Å². The summed E-state index contributed by atoms with van der Waals surface area (Å²) in [5.74, 6) is 0.318. The number of hydrogen-bond donors (Lipinski definition) is 2. The van der Waals surface area contributed by atoms with Crippen LogP contribution in [0.1, 0.15) is 23.5 Å². The van der Waals surface area contributed by atoms with Gasteiger partial charge in [0.25, 0.3) is 11.9 Å². The summed E-state index contributed by atoms with van der Waals surface area (Å²) < 4.78 is 6.34. The van der Waals surface area contributed by atoms with Crippen LogP contribution in [0.4, 0.5) is 5.95 Å². The molecule has 0 fully saturated rings. The molecule has 0 bridgehead atoms. The first kappa shape index (κ1) is 13.0. The Morgan fingerprint density at radius 2 is 2.39 bits per heavy atom. The van der Waals surface area contributed by atoms with Gasteiger partial charge in [-0.05, 0) is 35.0 Å². The van der Waals surface area contributed by atoms with Crippen LogP contribution in [0.3, 0.4) is 0 Å². The minimum atomic E-state index is -0.331. The minimum absolute atomic E-state index is 0.0207. The van der Waals surface area contributed by atoms with Crippen LogP contribution in [0, 0.1) is 0 Å². The SMILES string of the molecule is CC(C)Oc1c(Br)csc1C(=O)Nc1nn[nH]n1. The van der Waals surface area contributed by atoms with Crippen molar-refractivity contribution in [3.8, 4) is 5.75 Å². The number of carbonyl (C=O) groups excluding carboxylic acids is 1. The smallest absolute Gasteiger partial charge is 0.272 e. The van der Waals surface area contributed by atoms with Gasteiger partial charge in [0.1, 0.15) is 4.88 Å². The normalized spacial score (nSPS) is 10.7. The number of ether oxygens (including phenoxy) is 1. The van der Waals surface area contributed by atoms with E-state index in [0.29, 0.717) is 10.6 Å². The van der Waals surface area contributed by atoms with Crippen LogP contribution >= 0.6 is 27.3 Å². The third-order valence-electron chi connectivity index (χ3n) is 1.83. The van der Waals surface area contributed by atoms with E-state index in [4.69, 9.17) is 4.74 Å². The maximum atomic E-state index is 12.0. The van der Waals surface area contributed by atoms with Gasteiger partial charge < -0.3 is 4.74 Å². The molecular weight excluding hydrogens is 322 g/mol. The Kier molecular flexibility index (Phi) is 3.92. The molecule has 2 aromatic rings. The van der Waals surface area contributed by atoms with Gasteiger partial charge in [-0.15, -0.1) is 16.4 Å². The van der Waals surface area contributed by atoms with Gasteiger partial charge in [0, 0.05) is 5.38 Å². The van der Waals surface area contributed by atoms with E-state index < -0.39 is 0 Å². The number of rotatable bonds is 4. The van der Waals surface area contributed by atoms with Crippen LogP contribution in [0.5, 0.6) is 5.75 Å². The first-order chi connectivity index (χ1) is 8.58. The fourth-order valence-corrected chi connectivity index (χ4v) is 2.66. The van der Waals surface area contributed by atoms with E-state index in [-0.39, 0.29) is 18.0 Å². The molecular formula is C9H10BrN5O2S. The minimum Gasteiger partial charge on any atom is -0.488 e. The van der Waals surface area contributed by atoms with Crippen LogP contribution in [0.2, 0.25) is 0 Å². The first-order valence-corrected chi connectivity index (χ1v) is 6.73. The highest BCUT2D eigenvalue weighted by Gasteiger charge is 2.20. The van der Waals surface area contributed by atoms with Crippen molar-refractivity contribution in [3.63, 3.8) is 0 Å². The van der Waals surface area contributed by atoms with Crippen LogP contribution in [0.25, 0.3) is 0 Å². The standard InChI is InChI=1S/C9H10BrN5O2S/c1-4(2)17-6-5(10)3-18-7(6)8(16)11-9-12-14-15-13-9/h3-4H,1-2H3,(H2,11,12,13,14,15,16). The molecule has 0 saturated carbocycles. The van der Waals surface area contributed by atoms with Gasteiger partial charge in [-0.25, -0.2) is 0 Å². The number of H-pyrrole nitrogens is 1. The lowest BCUT2D eigenvalue weighted by Gasteiger charge is -2.10. The lowest BCUT2D eigenvalue weighted by atomic mass is 10.4. The fraction of sp³-hybridized carbons (Fsp3) is 0.333. The number of halogens is 1. The average Bonchev–Trinajstić information content (AvgIpc) is 2.90. The van der Waals surface area contributed by atoms with Crippen LogP contribution < -0.4 is 10.1 Å². The molecule has 2 heterocycles.